The van der Waals surface area contributed by atoms with Gasteiger partial charge in [0.05, 0.1) is 0 Å². The number of nitrogens with zero attached hydrogens (tertiary/aromatic N) is 5. The van der Waals surface area contributed by atoms with E-state index in [1.807, 2.05) is 52.0 Å². The molecule has 0 aliphatic carbocycles. The number of hydrogen-bond acceptors (Lipinski definition) is 4. The Morgan fingerprint density at radius 1 is 0.727 bits per heavy atom. The van der Waals surface area contributed by atoms with Gasteiger partial charge in [0.2, 0.25) is 0 Å². The molecular weight excluding hydrogens is 687 g/mol. The van der Waals surface area contributed by atoms with Gasteiger partial charge in [-0.05, 0) is 86.4 Å². The minimum Gasteiger partial charge on any atom is -0.340 e. The Morgan fingerprint density at radius 3 is 1.75 bits per heavy atom. The first kappa shape index (κ1) is 38.4. The highest BCUT2D eigenvalue weighted by Gasteiger charge is 2.29. The second-order valence-electron chi connectivity index (χ2n) is 16.0. The average molecular weight is 746 g/mol. The van der Waals surface area contributed by atoms with E-state index in [4.69, 9.17) is 0 Å². The summed E-state index contributed by atoms with van der Waals surface area (Å²) >= 11 is 0. The Balaban J connectivity index is 0.000000172. The number of fused-ring (bicyclic) bond motifs is 6. The van der Waals surface area contributed by atoms with Crippen LogP contribution in [0.5, 0.6) is 0 Å². The molecule has 0 spiro atoms. The Labute approximate surface area is 326 Å². The van der Waals surface area contributed by atoms with Crippen LogP contribution in [-0.2, 0) is 39.0 Å². The van der Waals surface area contributed by atoms with Crippen molar-refractivity contribution in [2.45, 2.75) is 85.5 Å². The number of carbonyl (C=O) groups is 3. The zero-order chi connectivity index (χ0) is 38.6. The van der Waals surface area contributed by atoms with E-state index in [0.717, 1.165) is 124 Å². The Hall–Kier alpha value is -4.83. The van der Waals surface area contributed by atoms with E-state index < -0.39 is 0 Å². The van der Waals surface area contributed by atoms with E-state index in [0.29, 0.717) is 25.6 Å². The molecule has 0 unspecified atom stereocenters. The molecule has 4 aliphatic rings. The van der Waals surface area contributed by atoms with Crippen LogP contribution in [0.1, 0.15) is 89.7 Å². The lowest BCUT2D eigenvalue weighted by atomic mass is 9.98. The molecule has 8 rings (SSSR count). The van der Waals surface area contributed by atoms with E-state index in [-0.39, 0.29) is 17.8 Å². The summed E-state index contributed by atoms with van der Waals surface area (Å²) in [6.45, 7) is 23.0. The number of carbonyl (C=O) groups excluding carboxylic acids is 3. The summed E-state index contributed by atoms with van der Waals surface area (Å²) in [5, 5.41) is 8.68. The summed E-state index contributed by atoms with van der Waals surface area (Å²) in [6, 6.07) is 12.3. The van der Waals surface area contributed by atoms with Gasteiger partial charge in [-0.3, -0.25) is 9.59 Å². The van der Waals surface area contributed by atoms with Crippen LogP contribution in [0, 0.1) is 11.8 Å². The molecule has 2 saturated heterocycles. The van der Waals surface area contributed by atoms with Crippen LogP contribution in [0.25, 0.3) is 21.8 Å². The smallest absolute Gasteiger partial charge is 0.317 e. The van der Waals surface area contributed by atoms with Gasteiger partial charge in [0.15, 0.2) is 0 Å². The van der Waals surface area contributed by atoms with E-state index in [1.54, 1.807) is 0 Å². The highest BCUT2D eigenvalue weighted by atomic mass is 16.2. The number of allylic oxidation sites excluding steroid dienone is 2. The summed E-state index contributed by atoms with van der Waals surface area (Å²) in [6.07, 6.45) is 10.1. The van der Waals surface area contributed by atoms with Gasteiger partial charge in [0, 0.05) is 135 Å². The number of aromatic nitrogens is 2. The first-order chi connectivity index (χ1) is 26.7. The van der Waals surface area contributed by atoms with Gasteiger partial charge in [0.1, 0.15) is 0 Å². The predicted octanol–water partition coefficient (Wildman–Crippen LogP) is 7.13. The number of urea groups is 1. The average Bonchev–Trinajstić information content (AvgIpc) is 3.69. The van der Waals surface area contributed by atoms with Crippen LogP contribution in [-0.4, -0.2) is 87.5 Å². The van der Waals surface area contributed by atoms with Crippen LogP contribution in [0.2, 0.25) is 0 Å². The molecule has 0 bridgehead atoms. The van der Waals surface area contributed by atoms with E-state index in [9.17, 15) is 14.4 Å². The monoisotopic (exact) mass is 745 g/mol. The number of piperidine rings is 2. The lowest BCUT2D eigenvalue weighted by Crippen LogP contribution is -2.42. The van der Waals surface area contributed by atoms with Crippen LogP contribution in [0.3, 0.4) is 0 Å². The largest absolute Gasteiger partial charge is 0.340 e. The Kier molecular flexibility index (Phi) is 11.8. The first-order valence-electron chi connectivity index (χ1n) is 20.5. The van der Waals surface area contributed by atoms with Crippen LogP contribution in [0.15, 0.2) is 61.7 Å². The van der Waals surface area contributed by atoms with E-state index in [1.165, 1.54) is 27.9 Å². The minimum atomic E-state index is -0.0255. The number of amides is 4. The second-order valence-corrected chi connectivity index (χ2v) is 16.0. The van der Waals surface area contributed by atoms with Gasteiger partial charge >= 0.3 is 6.03 Å². The van der Waals surface area contributed by atoms with Crippen molar-refractivity contribution in [2.75, 3.05) is 45.8 Å². The molecule has 4 aromatic rings. The molecule has 0 saturated carbocycles. The van der Waals surface area contributed by atoms with Crippen molar-refractivity contribution in [3.63, 3.8) is 0 Å². The highest BCUT2D eigenvalue weighted by molar-refractivity contribution is 6.00. The maximum atomic E-state index is 13.1. The number of nitrogens with one attached hydrogen (secondary N) is 2. The standard InChI is InChI=1S/C24H32N4O2.C21H27N3O/c1-4-11-28-21-7-6-18(23(29)26-12-8-17(3)9-13-26)15-19(21)20-16-27(14-10-22(20)28)24(30)25-5-2;1-3-10-24-19-5-4-16(21(25)23-11-7-15(2)8-12-23)13-17(19)18-14-22-9-6-20(18)24/h4,6-7,15,17H,1,5,8-14,16H2,2-3H3,(H,25,30);3-5,13,15,22H,1,6-12,14H2,2H3. The first-order valence-corrected chi connectivity index (χ1v) is 20.5. The van der Waals surface area contributed by atoms with Crippen molar-refractivity contribution >= 4 is 39.7 Å². The maximum absolute atomic E-state index is 13.1. The molecule has 55 heavy (non-hydrogen) atoms. The molecule has 2 fully saturated rings. The zero-order valence-electron chi connectivity index (χ0n) is 33.2. The van der Waals surface area contributed by atoms with Crippen molar-refractivity contribution in [2.24, 2.45) is 11.8 Å². The predicted molar refractivity (Wildman–Crippen MR) is 221 cm³/mol. The third-order valence-electron chi connectivity index (χ3n) is 12.3. The maximum Gasteiger partial charge on any atom is 0.317 e. The molecule has 6 heterocycles. The van der Waals surface area contributed by atoms with Gasteiger partial charge in [-0.15, -0.1) is 13.2 Å². The Bertz CT molecular complexity index is 2080. The molecule has 4 aliphatic heterocycles. The molecule has 2 aromatic heterocycles. The van der Waals surface area contributed by atoms with Gasteiger partial charge in [0.25, 0.3) is 11.8 Å². The minimum absolute atomic E-state index is 0.0255. The summed E-state index contributed by atoms with van der Waals surface area (Å²) in [4.78, 5) is 44.4. The van der Waals surface area contributed by atoms with E-state index >= 15 is 0 Å². The highest BCUT2D eigenvalue weighted by Crippen LogP contribution is 2.33. The van der Waals surface area contributed by atoms with Crippen molar-refractivity contribution in [3.8, 4) is 0 Å². The number of hydrogen-bond donors (Lipinski definition) is 2. The topological polar surface area (TPSA) is 94.9 Å². The van der Waals surface area contributed by atoms with Gasteiger partial charge in [-0.1, -0.05) is 26.0 Å². The van der Waals surface area contributed by atoms with Gasteiger partial charge in [-0.25, -0.2) is 4.79 Å². The quantitative estimate of drug-likeness (QED) is 0.197. The van der Waals surface area contributed by atoms with Crippen molar-refractivity contribution in [1.82, 2.24) is 34.5 Å². The van der Waals surface area contributed by atoms with Crippen LogP contribution >= 0.6 is 0 Å². The summed E-state index contributed by atoms with van der Waals surface area (Å²) in [7, 11) is 0. The fourth-order valence-electron chi connectivity index (χ4n) is 9.00. The second kappa shape index (κ2) is 16.9. The van der Waals surface area contributed by atoms with Crippen molar-refractivity contribution in [1.29, 1.82) is 0 Å². The fourth-order valence-corrected chi connectivity index (χ4v) is 9.00. The molecule has 0 atom stereocenters. The molecule has 10 nitrogen and oxygen atoms in total. The SMILES string of the molecule is C=CCn1c2c(c3cc(C(=O)N4CCC(C)CC4)ccc31)CN(C(=O)NCC)CC2.C=CCn1c2c(c3cc(C(=O)N4CCC(C)CC4)ccc31)CNCC2. The summed E-state index contributed by atoms with van der Waals surface area (Å²) in [5.74, 6) is 1.72. The lowest BCUT2D eigenvalue weighted by molar-refractivity contribution is 0.0689. The van der Waals surface area contributed by atoms with Gasteiger partial charge in [-0.2, -0.15) is 0 Å². The molecule has 2 aromatic carbocycles. The van der Waals surface area contributed by atoms with Crippen molar-refractivity contribution in [3.05, 3.63) is 95.3 Å². The third kappa shape index (κ3) is 7.83. The molecule has 4 amide bonds. The molecule has 292 valence electrons. The molecule has 10 heteroatoms. The fraction of sp³-hybridized carbons (Fsp3) is 0.489. The molecule has 0 radical (unpaired) electrons. The molecule has 2 N–H and O–H groups in total. The molecular formula is C45H59N7O3. The van der Waals surface area contributed by atoms with Gasteiger partial charge < -0.3 is 34.5 Å². The normalized spacial score (nSPS) is 17.7. The van der Waals surface area contributed by atoms with Crippen molar-refractivity contribution < 1.29 is 14.4 Å². The lowest BCUT2D eigenvalue weighted by Gasteiger charge is -2.30. The zero-order valence-corrected chi connectivity index (χ0v) is 33.2. The number of benzene rings is 2. The Morgan fingerprint density at radius 2 is 1.24 bits per heavy atom. The summed E-state index contributed by atoms with van der Waals surface area (Å²) in [5.41, 5.74) is 9.05. The van der Waals surface area contributed by atoms with Crippen LogP contribution < -0.4 is 10.6 Å². The summed E-state index contributed by atoms with van der Waals surface area (Å²) < 4.78 is 4.64. The third-order valence-corrected chi connectivity index (χ3v) is 12.3. The van der Waals surface area contributed by atoms with Crippen LogP contribution in [0.4, 0.5) is 4.79 Å². The van der Waals surface area contributed by atoms with E-state index in [2.05, 4.69) is 65.0 Å². The number of rotatable bonds is 7. The number of likely N-dealkylation sites (tertiary alicyclic amines) is 2.